The van der Waals surface area contributed by atoms with Crippen molar-refractivity contribution in [1.82, 2.24) is 14.8 Å². The minimum absolute atomic E-state index is 0.0256. The van der Waals surface area contributed by atoms with Crippen LogP contribution in [0.4, 0.5) is 0 Å². The number of carbonyl (C=O) groups is 2. The van der Waals surface area contributed by atoms with Crippen LogP contribution in [-0.4, -0.2) is 52.8 Å². The minimum Gasteiger partial charge on any atom is -0.342 e. The Morgan fingerprint density at radius 3 is 2.36 bits per heavy atom. The molecular formula is C19H21N3O2S. The van der Waals surface area contributed by atoms with E-state index >= 15 is 0 Å². The first-order valence-corrected chi connectivity index (χ1v) is 9.64. The monoisotopic (exact) mass is 355 g/mol. The number of aromatic nitrogens is 1. The Morgan fingerprint density at radius 1 is 1.04 bits per heavy atom. The fraction of sp³-hybridized carbons (Fsp3) is 0.421. The minimum atomic E-state index is 0.0256. The lowest BCUT2D eigenvalue weighted by Crippen LogP contribution is -2.35. The van der Waals surface area contributed by atoms with Crippen LogP contribution in [0.5, 0.6) is 0 Å². The zero-order valence-corrected chi connectivity index (χ0v) is 14.8. The van der Waals surface area contributed by atoms with Crippen molar-refractivity contribution in [2.45, 2.75) is 12.8 Å². The number of thiazole rings is 1. The molecule has 0 spiro atoms. The highest BCUT2D eigenvalue weighted by Crippen LogP contribution is 2.32. The Kier molecular flexibility index (Phi) is 4.53. The van der Waals surface area contributed by atoms with Gasteiger partial charge in [-0.1, -0.05) is 30.3 Å². The Labute approximate surface area is 151 Å². The number of benzene rings is 1. The van der Waals surface area contributed by atoms with Gasteiger partial charge in [-0.15, -0.1) is 11.3 Å². The molecule has 2 atom stereocenters. The molecule has 0 saturated carbocycles. The highest BCUT2D eigenvalue weighted by Gasteiger charge is 2.43. The van der Waals surface area contributed by atoms with Crippen LogP contribution in [0.2, 0.25) is 0 Å². The van der Waals surface area contributed by atoms with Gasteiger partial charge in [0, 0.05) is 49.8 Å². The Hall–Kier alpha value is -2.21. The summed E-state index contributed by atoms with van der Waals surface area (Å²) >= 11 is 1.44. The third-order valence-electron chi connectivity index (χ3n) is 5.25. The zero-order valence-electron chi connectivity index (χ0n) is 14.0. The summed E-state index contributed by atoms with van der Waals surface area (Å²) < 4.78 is 0. The second-order valence-electron chi connectivity index (χ2n) is 6.89. The molecule has 2 unspecified atom stereocenters. The molecule has 5 nitrogen and oxygen atoms in total. The molecule has 0 bridgehead atoms. The van der Waals surface area contributed by atoms with Crippen LogP contribution >= 0.6 is 11.3 Å². The van der Waals surface area contributed by atoms with E-state index in [1.54, 1.807) is 10.9 Å². The highest BCUT2D eigenvalue weighted by atomic mass is 32.1. The fourth-order valence-corrected chi connectivity index (χ4v) is 4.42. The number of carbonyl (C=O) groups excluding carboxylic acids is 2. The van der Waals surface area contributed by atoms with Gasteiger partial charge < -0.3 is 9.80 Å². The van der Waals surface area contributed by atoms with Gasteiger partial charge in [-0.3, -0.25) is 9.59 Å². The number of hydrogen-bond acceptors (Lipinski definition) is 4. The summed E-state index contributed by atoms with van der Waals surface area (Å²) in [6.45, 7) is 3.03. The second-order valence-corrected chi connectivity index (χ2v) is 7.61. The van der Waals surface area contributed by atoms with E-state index in [-0.39, 0.29) is 11.8 Å². The summed E-state index contributed by atoms with van der Waals surface area (Å²) in [5, 5.41) is 1.80. The van der Waals surface area contributed by atoms with Crippen molar-refractivity contribution in [2.75, 3.05) is 26.2 Å². The van der Waals surface area contributed by atoms with Gasteiger partial charge in [-0.05, 0) is 12.0 Å². The third kappa shape index (κ3) is 3.44. The summed E-state index contributed by atoms with van der Waals surface area (Å²) in [5.41, 5.74) is 3.44. The van der Waals surface area contributed by atoms with Crippen LogP contribution in [0.3, 0.4) is 0 Å². The van der Waals surface area contributed by atoms with Crippen LogP contribution in [-0.2, 0) is 11.2 Å². The molecule has 4 rings (SSSR count). The van der Waals surface area contributed by atoms with E-state index in [0.29, 0.717) is 24.0 Å². The summed E-state index contributed by atoms with van der Waals surface area (Å²) in [5.74, 6) is 1.07. The molecule has 2 saturated heterocycles. The van der Waals surface area contributed by atoms with E-state index in [9.17, 15) is 9.59 Å². The van der Waals surface area contributed by atoms with Gasteiger partial charge in [0.15, 0.2) is 0 Å². The van der Waals surface area contributed by atoms with Gasteiger partial charge in [-0.2, -0.15) is 0 Å². The molecule has 3 heterocycles. The standard InChI is InChI=1S/C19H21N3O2S/c23-18(7-6-14-4-2-1-3-5-14)21-8-15-10-22(11-16(15)9-21)19(24)17-12-25-13-20-17/h1-5,12-13,15-16H,6-11H2. The maximum atomic E-state index is 12.5. The molecule has 6 heteroatoms. The molecule has 0 N–H and O–H groups in total. The quantitative estimate of drug-likeness (QED) is 0.846. The summed E-state index contributed by atoms with van der Waals surface area (Å²) in [7, 11) is 0. The maximum absolute atomic E-state index is 12.5. The number of rotatable bonds is 4. The third-order valence-corrected chi connectivity index (χ3v) is 5.83. The number of amides is 2. The molecular weight excluding hydrogens is 334 g/mol. The summed E-state index contributed by atoms with van der Waals surface area (Å²) in [4.78, 5) is 32.9. The van der Waals surface area contributed by atoms with Crippen LogP contribution in [0.15, 0.2) is 41.2 Å². The van der Waals surface area contributed by atoms with Gasteiger partial charge >= 0.3 is 0 Å². The summed E-state index contributed by atoms with van der Waals surface area (Å²) in [6, 6.07) is 10.1. The highest BCUT2D eigenvalue weighted by molar-refractivity contribution is 7.07. The van der Waals surface area contributed by atoms with Crippen molar-refractivity contribution in [1.29, 1.82) is 0 Å². The molecule has 1 aromatic carbocycles. The van der Waals surface area contributed by atoms with Crippen LogP contribution in [0.1, 0.15) is 22.5 Å². The average Bonchev–Trinajstić information content (AvgIpc) is 3.35. The predicted molar refractivity (Wildman–Crippen MR) is 96.3 cm³/mol. The first-order chi connectivity index (χ1) is 12.2. The number of hydrogen-bond donors (Lipinski definition) is 0. The zero-order chi connectivity index (χ0) is 17.2. The molecule has 2 aliphatic rings. The molecule has 0 radical (unpaired) electrons. The van der Waals surface area contributed by atoms with E-state index < -0.39 is 0 Å². The molecule has 25 heavy (non-hydrogen) atoms. The van der Waals surface area contributed by atoms with Gasteiger partial charge in [0.1, 0.15) is 5.69 Å². The van der Waals surface area contributed by atoms with Crippen LogP contribution in [0.25, 0.3) is 0 Å². The van der Waals surface area contributed by atoms with Crippen LogP contribution < -0.4 is 0 Å². The van der Waals surface area contributed by atoms with E-state index in [1.165, 1.54) is 16.9 Å². The van der Waals surface area contributed by atoms with Crippen molar-refractivity contribution in [3.05, 3.63) is 52.5 Å². The maximum Gasteiger partial charge on any atom is 0.273 e. The molecule has 130 valence electrons. The number of likely N-dealkylation sites (tertiary alicyclic amines) is 2. The van der Waals surface area contributed by atoms with E-state index in [1.807, 2.05) is 28.0 Å². The van der Waals surface area contributed by atoms with Crippen molar-refractivity contribution in [2.24, 2.45) is 11.8 Å². The van der Waals surface area contributed by atoms with Gasteiger partial charge in [0.2, 0.25) is 5.91 Å². The first kappa shape index (κ1) is 16.3. The lowest BCUT2D eigenvalue weighted by atomic mass is 10.0. The van der Waals surface area contributed by atoms with Gasteiger partial charge in [0.25, 0.3) is 5.91 Å². The molecule has 2 aromatic rings. The SMILES string of the molecule is O=C(CCc1ccccc1)N1CC2CN(C(=O)c3cscn3)CC2C1. The molecule has 2 amide bonds. The first-order valence-electron chi connectivity index (χ1n) is 8.70. The van der Waals surface area contributed by atoms with E-state index in [4.69, 9.17) is 0 Å². The smallest absolute Gasteiger partial charge is 0.273 e. The molecule has 2 fully saturated rings. The van der Waals surface area contributed by atoms with Crippen LogP contribution in [0, 0.1) is 11.8 Å². The van der Waals surface area contributed by atoms with E-state index in [2.05, 4.69) is 17.1 Å². The Balaban J connectivity index is 1.29. The number of fused-ring (bicyclic) bond motifs is 1. The molecule has 2 aliphatic heterocycles. The largest absolute Gasteiger partial charge is 0.342 e. The van der Waals surface area contributed by atoms with Crippen molar-refractivity contribution < 1.29 is 9.59 Å². The van der Waals surface area contributed by atoms with E-state index in [0.717, 1.165) is 32.6 Å². The predicted octanol–water partition coefficient (Wildman–Crippen LogP) is 2.31. The normalized spacial score (nSPS) is 22.2. The van der Waals surface area contributed by atoms with Crippen molar-refractivity contribution >= 4 is 23.2 Å². The number of aryl methyl sites for hydroxylation is 1. The van der Waals surface area contributed by atoms with Crippen molar-refractivity contribution in [3.63, 3.8) is 0 Å². The number of nitrogens with zero attached hydrogens (tertiary/aromatic N) is 3. The van der Waals surface area contributed by atoms with Crippen molar-refractivity contribution in [3.8, 4) is 0 Å². The Morgan fingerprint density at radius 2 is 1.72 bits per heavy atom. The van der Waals surface area contributed by atoms with Gasteiger partial charge in [0.05, 0.1) is 5.51 Å². The molecule has 0 aliphatic carbocycles. The average molecular weight is 355 g/mol. The second kappa shape index (κ2) is 6.96. The topological polar surface area (TPSA) is 53.5 Å². The lowest BCUT2D eigenvalue weighted by molar-refractivity contribution is -0.130. The molecule has 1 aromatic heterocycles. The van der Waals surface area contributed by atoms with Gasteiger partial charge in [-0.25, -0.2) is 4.98 Å². The Bertz CT molecular complexity index is 733. The summed E-state index contributed by atoms with van der Waals surface area (Å²) in [6.07, 6.45) is 1.35. The lowest BCUT2D eigenvalue weighted by Gasteiger charge is -2.21. The fourth-order valence-electron chi connectivity index (χ4n) is 3.90.